The van der Waals surface area contributed by atoms with Crippen molar-refractivity contribution in [3.05, 3.63) is 30.3 Å². The zero-order valence-corrected chi connectivity index (χ0v) is 16.1. The largest absolute Gasteiger partial charge is 1.00 e. The van der Waals surface area contributed by atoms with E-state index in [1.54, 1.807) is 6.07 Å². The number of unbranched alkanes of at least 4 members (excludes halogenated alkanes) is 2. The van der Waals surface area contributed by atoms with Crippen LogP contribution in [0, 0.1) is 5.92 Å². The minimum absolute atomic E-state index is 0. The standard InChI is InChI=1S/C15H20O5S.Na.H/c1-3-4-6-11-14(16)12(2)15(17)20-21(18,19)13-9-7-5-8-10-13;;/h5,7-10,12H,3-4,6,11H2,1-2H3;;/q;+1;-1. The summed E-state index contributed by atoms with van der Waals surface area (Å²) >= 11 is 0. The van der Waals surface area contributed by atoms with Crippen molar-refractivity contribution in [1.82, 2.24) is 0 Å². The van der Waals surface area contributed by atoms with Crippen LogP contribution in [0.15, 0.2) is 35.2 Å². The van der Waals surface area contributed by atoms with Crippen LogP contribution < -0.4 is 29.6 Å². The summed E-state index contributed by atoms with van der Waals surface area (Å²) in [5, 5.41) is 0. The van der Waals surface area contributed by atoms with Crippen LogP contribution in [0.25, 0.3) is 0 Å². The third kappa shape index (κ3) is 6.60. The number of rotatable bonds is 8. The number of Topliss-reactive ketones (excluding diaryl/α,β-unsaturated/α-hetero) is 1. The van der Waals surface area contributed by atoms with E-state index in [2.05, 4.69) is 4.18 Å². The van der Waals surface area contributed by atoms with Gasteiger partial charge in [0.15, 0.2) is 0 Å². The average Bonchev–Trinajstić information content (AvgIpc) is 2.47. The molecule has 5 nitrogen and oxygen atoms in total. The van der Waals surface area contributed by atoms with Gasteiger partial charge in [0, 0.05) is 6.42 Å². The number of carbonyl (C=O) groups is 2. The molecule has 0 aliphatic heterocycles. The molecule has 0 bridgehead atoms. The zero-order valence-electron chi connectivity index (χ0n) is 14.2. The molecule has 1 aromatic rings. The summed E-state index contributed by atoms with van der Waals surface area (Å²) in [4.78, 5) is 23.5. The van der Waals surface area contributed by atoms with Gasteiger partial charge in [-0.3, -0.25) is 9.59 Å². The fourth-order valence-corrected chi connectivity index (χ4v) is 2.66. The molecule has 0 N–H and O–H groups in total. The van der Waals surface area contributed by atoms with Crippen molar-refractivity contribution >= 4 is 21.9 Å². The van der Waals surface area contributed by atoms with Crippen molar-refractivity contribution in [3.8, 4) is 0 Å². The Balaban J connectivity index is 0. The van der Waals surface area contributed by atoms with Crippen LogP contribution in [0.4, 0.5) is 0 Å². The van der Waals surface area contributed by atoms with Crippen LogP contribution in [0.1, 0.15) is 41.0 Å². The number of benzene rings is 1. The van der Waals surface area contributed by atoms with Gasteiger partial charge in [0.2, 0.25) is 0 Å². The van der Waals surface area contributed by atoms with Gasteiger partial charge in [-0.25, -0.2) is 0 Å². The molecule has 7 heteroatoms. The minimum atomic E-state index is -4.16. The van der Waals surface area contributed by atoms with Gasteiger partial charge in [-0.2, -0.15) is 8.42 Å². The maximum Gasteiger partial charge on any atom is 1.00 e. The van der Waals surface area contributed by atoms with Crippen LogP contribution in [0.2, 0.25) is 0 Å². The van der Waals surface area contributed by atoms with Crippen LogP contribution in [-0.4, -0.2) is 20.2 Å². The predicted molar refractivity (Wildman–Crippen MR) is 79.1 cm³/mol. The number of carbonyl (C=O) groups excluding carboxylic acids is 2. The van der Waals surface area contributed by atoms with Crippen molar-refractivity contribution in [2.24, 2.45) is 5.92 Å². The summed E-state index contributed by atoms with van der Waals surface area (Å²) in [6.07, 6.45) is 2.82. The quantitative estimate of drug-likeness (QED) is 0.285. The Morgan fingerprint density at radius 1 is 1.18 bits per heavy atom. The topological polar surface area (TPSA) is 77.5 Å². The summed E-state index contributed by atoms with van der Waals surface area (Å²) in [6.45, 7) is 3.38. The summed E-state index contributed by atoms with van der Waals surface area (Å²) in [7, 11) is -4.16. The molecule has 22 heavy (non-hydrogen) atoms. The number of hydrogen-bond acceptors (Lipinski definition) is 5. The Morgan fingerprint density at radius 3 is 2.32 bits per heavy atom. The van der Waals surface area contributed by atoms with Gasteiger partial charge >= 0.3 is 45.6 Å². The van der Waals surface area contributed by atoms with Crippen molar-refractivity contribution in [2.75, 3.05) is 0 Å². The molecule has 1 rings (SSSR count). The van der Waals surface area contributed by atoms with Gasteiger partial charge in [-0.05, 0) is 25.5 Å². The van der Waals surface area contributed by atoms with Gasteiger partial charge in [0.25, 0.3) is 0 Å². The predicted octanol–water partition coefficient (Wildman–Crippen LogP) is -0.179. The van der Waals surface area contributed by atoms with Gasteiger partial charge in [-0.15, -0.1) is 0 Å². The summed E-state index contributed by atoms with van der Waals surface area (Å²) < 4.78 is 28.3. The molecule has 0 aliphatic rings. The van der Waals surface area contributed by atoms with Gasteiger partial charge in [0.05, 0.1) is 0 Å². The van der Waals surface area contributed by atoms with Crippen molar-refractivity contribution in [2.45, 2.75) is 44.4 Å². The molecule has 0 spiro atoms. The van der Waals surface area contributed by atoms with E-state index in [4.69, 9.17) is 0 Å². The van der Waals surface area contributed by atoms with E-state index in [-0.39, 0.29) is 48.1 Å². The molecular weight excluding hydrogens is 315 g/mol. The molecule has 1 aromatic carbocycles. The molecule has 1 unspecified atom stereocenters. The molecule has 0 saturated heterocycles. The monoisotopic (exact) mass is 336 g/mol. The molecule has 0 fully saturated rings. The molecule has 1 atom stereocenters. The van der Waals surface area contributed by atoms with Crippen LogP contribution in [0.3, 0.4) is 0 Å². The molecule has 118 valence electrons. The summed E-state index contributed by atoms with van der Waals surface area (Å²) in [5.74, 6) is -2.39. The smallest absolute Gasteiger partial charge is 1.00 e. The third-order valence-electron chi connectivity index (χ3n) is 3.09. The molecule has 0 aromatic heterocycles. The van der Waals surface area contributed by atoms with Crippen molar-refractivity contribution in [3.63, 3.8) is 0 Å². The Kier molecular flexibility index (Phi) is 9.84. The van der Waals surface area contributed by atoms with Crippen LogP contribution in [-0.2, 0) is 23.9 Å². The normalized spacial score (nSPS) is 12.1. The first-order valence-electron chi connectivity index (χ1n) is 6.94. The molecule has 0 amide bonds. The average molecular weight is 336 g/mol. The number of ketones is 1. The van der Waals surface area contributed by atoms with Crippen molar-refractivity contribution < 1.29 is 53.2 Å². The first kappa shape index (κ1) is 21.3. The second kappa shape index (κ2) is 10.2. The van der Waals surface area contributed by atoms with E-state index in [0.29, 0.717) is 6.42 Å². The van der Waals surface area contributed by atoms with Gasteiger partial charge < -0.3 is 5.61 Å². The van der Waals surface area contributed by atoms with Gasteiger partial charge in [-0.1, -0.05) is 38.0 Å². The maximum atomic E-state index is 11.9. The molecule has 0 saturated carbocycles. The van der Waals surface area contributed by atoms with Crippen molar-refractivity contribution in [1.29, 1.82) is 0 Å². The Bertz CT molecular complexity index is 589. The molecule has 0 aliphatic carbocycles. The van der Waals surface area contributed by atoms with E-state index in [1.807, 2.05) is 6.92 Å². The third-order valence-corrected chi connectivity index (χ3v) is 4.32. The second-order valence-corrected chi connectivity index (χ2v) is 6.36. The molecule has 0 heterocycles. The first-order valence-corrected chi connectivity index (χ1v) is 8.35. The van der Waals surface area contributed by atoms with E-state index >= 15 is 0 Å². The van der Waals surface area contributed by atoms with E-state index < -0.39 is 22.0 Å². The fourth-order valence-electron chi connectivity index (χ4n) is 1.71. The second-order valence-electron chi connectivity index (χ2n) is 4.81. The molecular formula is C15H21NaO5S. The minimum Gasteiger partial charge on any atom is -1.00 e. The van der Waals surface area contributed by atoms with E-state index in [0.717, 1.165) is 12.8 Å². The van der Waals surface area contributed by atoms with Gasteiger partial charge in [0.1, 0.15) is 16.6 Å². The zero-order chi connectivity index (χ0) is 15.9. The van der Waals surface area contributed by atoms with Crippen LogP contribution in [0.5, 0.6) is 0 Å². The van der Waals surface area contributed by atoms with Crippen LogP contribution >= 0.6 is 0 Å². The van der Waals surface area contributed by atoms with E-state index in [9.17, 15) is 18.0 Å². The Labute approximate surface area is 155 Å². The SMILES string of the molecule is CCCCCC(=O)C(C)C(=O)OS(=O)(=O)c1ccccc1.[H-].[Na+]. The molecule has 0 radical (unpaired) electrons. The van der Waals surface area contributed by atoms with E-state index in [1.165, 1.54) is 31.2 Å². The maximum absolute atomic E-state index is 11.9. The summed E-state index contributed by atoms with van der Waals surface area (Å²) in [5.41, 5.74) is 0. The fraction of sp³-hybridized carbons (Fsp3) is 0.467. The number of hydrogen-bond donors (Lipinski definition) is 0. The Morgan fingerprint density at radius 2 is 1.77 bits per heavy atom. The first-order chi connectivity index (χ1) is 9.88. The summed E-state index contributed by atoms with van der Waals surface area (Å²) in [6, 6.07) is 7.37. The Hall–Kier alpha value is -0.690.